The van der Waals surface area contributed by atoms with E-state index in [1.165, 1.54) is 18.5 Å². The molecule has 0 fully saturated rings. The minimum Gasteiger partial charge on any atom is -0.457 e. The van der Waals surface area contributed by atoms with Gasteiger partial charge in [0.2, 0.25) is 0 Å². The highest BCUT2D eigenvalue weighted by atomic mass is 19.4. The highest BCUT2D eigenvalue weighted by molar-refractivity contribution is 5.91. The lowest BCUT2D eigenvalue weighted by atomic mass is 10.0. The van der Waals surface area contributed by atoms with Gasteiger partial charge in [0.25, 0.3) is 0 Å². The third kappa shape index (κ3) is 4.67. The third-order valence-electron chi connectivity index (χ3n) is 3.99. The van der Waals surface area contributed by atoms with Gasteiger partial charge in [-0.05, 0) is 42.3 Å². The Balaban J connectivity index is 1.76. The Bertz CT molecular complexity index is 939. The molecule has 0 saturated carbocycles. The first kappa shape index (κ1) is 19.4. The maximum absolute atomic E-state index is 12.9. The Hall–Kier alpha value is -3.36. The summed E-state index contributed by atoms with van der Waals surface area (Å²) in [4.78, 5) is 13.0. The van der Waals surface area contributed by atoms with Crippen LogP contribution < -0.4 is 10.5 Å². The largest absolute Gasteiger partial charge is 0.457 e. The van der Waals surface area contributed by atoms with Crippen molar-refractivity contribution in [1.29, 1.82) is 0 Å². The fourth-order valence-electron chi connectivity index (χ4n) is 2.55. The van der Waals surface area contributed by atoms with Gasteiger partial charge in [0.05, 0.1) is 18.3 Å². The van der Waals surface area contributed by atoms with Gasteiger partial charge in [0.15, 0.2) is 11.9 Å². The van der Waals surface area contributed by atoms with Crippen LogP contribution in [-0.4, -0.2) is 18.5 Å². The molecule has 1 heterocycles. The number of ether oxygens (including phenoxy) is 1. The minimum atomic E-state index is -4.43. The van der Waals surface area contributed by atoms with Crippen molar-refractivity contribution in [2.45, 2.75) is 25.6 Å². The van der Waals surface area contributed by atoms with E-state index >= 15 is 0 Å². The van der Waals surface area contributed by atoms with Gasteiger partial charge in [-0.1, -0.05) is 23.4 Å². The molecule has 9 heteroatoms. The highest BCUT2D eigenvalue weighted by Crippen LogP contribution is 2.35. The van der Waals surface area contributed by atoms with Gasteiger partial charge in [-0.25, -0.2) is 9.98 Å². The molecule has 0 saturated heterocycles. The molecule has 1 atom stereocenters. The number of hydrogen-bond acceptors (Lipinski definition) is 4. The summed E-state index contributed by atoms with van der Waals surface area (Å²) in [5.74, 6) is 0.991. The lowest BCUT2D eigenvalue weighted by molar-refractivity contribution is -0.137. The van der Waals surface area contributed by atoms with Crippen molar-refractivity contribution in [1.82, 2.24) is 0 Å². The summed E-state index contributed by atoms with van der Waals surface area (Å²) in [7, 11) is 0. The summed E-state index contributed by atoms with van der Waals surface area (Å²) in [6, 6.07) is 10.1. The number of halogens is 3. The zero-order valence-electron chi connectivity index (χ0n) is 14.8. The van der Waals surface area contributed by atoms with E-state index in [4.69, 9.17) is 15.3 Å². The number of alkyl halides is 3. The zero-order valence-corrected chi connectivity index (χ0v) is 14.8. The van der Waals surface area contributed by atoms with Crippen LogP contribution in [0.3, 0.4) is 0 Å². The molecule has 28 heavy (non-hydrogen) atoms. The van der Waals surface area contributed by atoms with Crippen LogP contribution in [0.1, 0.15) is 29.2 Å². The van der Waals surface area contributed by atoms with Crippen molar-refractivity contribution in [2.24, 2.45) is 20.9 Å². The van der Waals surface area contributed by atoms with Crippen LogP contribution in [0, 0.1) is 6.92 Å². The molecule has 0 amide bonds. The van der Waals surface area contributed by atoms with E-state index in [-0.39, 0.29) is 11.9 Å². The van der Waals surface area contributed by atoms with E-state index in [1.54, 1.807) is 13.0 Å². The Morgan fingerprint density at radius 1 is 1.25 bits per heavy atom. The third-order valence-corrected chi connectivity index (χ3v) is 3.99. The first-order valence-electron chi connectivity index (χ1n) is 8.31. The normalized spacial score (nSPS) is 17.1. The quantitative estimate of drug-likeness (QED) is 0.612. The first-order valence-corrected chi connectivity index (χ1v) is 8.31. The lowest BCUT2D eigenvalue weighted by Crippen LogP contribution is -2.04. The second-order valence-corrected chi connectivity index (χ2v) is 6.00. The molecule has 2 aromatic rings. The van der Waals surface area contributed by atoms with Crippen molar-refractivity contribution in [3.05, 3.63) is 59.2 Å². The van der Waals surface area contributed by atoms with Gasteiger partial charge in [0, 0.05) is 0 Å². The monoisotopic (exact) mass is 390 g/mol. The minimum absolute atomic E-state index is 0.101. The molecule has 0 bridgehead atoms. The van der Waals surface area contributed by atoms with Crippen LogP contribution in [0.15, 0.2) is 57.6 Å². The molecular weight excluding hydrogens is 373 g/mol. The van der Waals surface area contributed by atoms with Crippen molar-refractivity contribution >= 4 is 18.5 Å². The first-order chi connectivity index (χ1) is 13.4. The molecule has 6 nitrogen and oxygen atoms in total. The summed E-state index contributed by atoms with van der Waals surface area (Å²) in [5, 5.41) is 3.88. The molecule has 146 valence electrons. The van der Waals surface area contributed by atoms with Crippen molar-refractivity contribution in [2.75, 3.05) is 0 Å². The zero-order chi connectivity index (χ0) is 20.1. The second-order valence-electron chi connectivity index (χ2n) is 6.00. The Morgan fingerprint density at radius 3 is 2.82 bits per heavy atom. The van der Waals surface area contributed by atoms with E-state index in [0.29, 0.717) is 18.0 Å². The van der Waals surface area contributed by atoms with E-state index in [0.717, 1.165) is 29.6 Å². The number of aryl methyl sites for hydroxylation is 1. The molecule has 2 N–H and O–H groups in total. The van der Waals surface area contributed by atoms with Crippen LogP contribution in [0.25, 0.3) is 0 Å². The standard InChI is InChI=1S/C19H17F3N4O2/c1-12-5-6-13(17-9-18(26-28-17)25-11-24-10-23)7-16(12)27-15-4-2-3-14(8-15)19(20,21)22/h2-8,10-11,17H,9H2,1H3,(H2,23,24,25,26). The summed E-state index contributed by atoms with van der Waals surface area (Å²) in [6.07, 6.45) is -2.02. The SMILES string of the molecule is Cc1ccc(C2CC(N=CN=CN)=NO2)cc1Oc1cccc(C(F)(F)F)c1. The number of aliphatic imine (C=N–C) groups is 2. The molecule has 0 spiro atoms. The molecule has 1 aliphatic rings. The smallest absolute Gasteiger partial charge is 0.416 e. The topological polar surface area (TPSA) is 81.6 Å². The molecule has 0 aliphatic carbocycles. The summed E-state index contributed by atoms with van der Waals surface area (Å²) < 4.78 is 44.4. The number of amidine groups is 1. The summed E-state index contributed by atoms with van der Waals surface area (Å²) in [6.45, 7) is 1.80. The van der Waals surface area contributed by atoms with E-state index in [1.807, 2.05) is 12.1 Å². The lowest BCUT2D eigenvalue weighted by Gasteiger charge is -2.14. The molecule has 0 radical (unpaired) electrons. The summed E-state index contributed by atoms with van der Waals surface area (Å²) >= 11 is 0. The fraction of sp³-hybridized carbons (Fsp3) is 0.211. The second kappa shape index (κ2) is 8.12. The molecule has 3 rings (SSSR count). The number of hydrogen-bond donors (Lipinski definition) is 1. The van der Waals surface area contributed by atoms with E-state index in [2.05, 4.69) is 15.1 Å². The van der Waals surface area contributed by atoms with Crippen LogP contribution >= 0.6 is 0 Å². The Labute approximate surface area is 159 Å². The van der Waals surface area contributed by atoms with Crippen LogP contribution in [0.4, 0.5) is 13.2 Å². The van der Waals surface area contributed by atoms with Gasteiger partial charge in [-0.2, -0.15) is 13.2 Å². The molecular formula is C19H17F3N4O2. The number of oxime groups is 1. The van der Waals surface area contributed by atoms with Crippen molar-refractivity contribution in [3.8, 4) is 11.5 Å². The van der Waals surface area contributed by atoms with Crippen molar-refractivity contribution in [3.63, 3.8) is 0 Å². The van der Waals surface area contributed by atoms with Gasteiger partial charge in [-0.3, -0.25) is 0 Å². The van der Waals surface area contributed by atoms with Crippen LogP contribution in [0.5, 0.6) is 11.5 Å². The van der Waals surface area contributed by atoms with Crippen molar-refractivity contribution < 1.29 is 22.7 Å². The highest BCUT2D eigenvalue weighted by Gasteiger charge is 2.30. The predicted octanol–water partition coefficient (Wildman–Crippen LogP) is 4.60. The van der Waals surface area contributed by atoms with Gasteiger partial charge in [0.1, 0.15) is 17.8 Å². The number of nitrogens with two attached hydrogens (primary N) is 1. The predicted molar refractivity (Wildman–Crippen MR) is 99.7 cm³/mol. The Morgan fingerprint density at radius 2 is 2.07 bits per heavy atom. The molecule has 0 aromatic heterocycles. The average molecular weight is 390 g/mol. The van der Waals surface area contributed by atoms with Crippen LogP contribution in [-0.2, 0) is 11.0 Å². The Kier molecular flexibility index (Phi) is 5.62. The van der Waals surface area contributed by atoms with Crippen LogP contribution in [0.2, 0.25) is 0 Å². The van der Waals surface area contributed by atoms with Gasteiger partial charge in [-0.15, -0.1) is 0 Å². The maximum atomic E-state index is 12.9. The number of rotatable bonds is 4. The summed E-state index contributed by atoms with van der Waals surface area (Å²) in [5.41, 5.74) is 5.90. The number of benzene rings is 2. The molecule has 2 aromatic carbocycles. The molecule has 1 aliphatic heterocycles. The van der Waals surface area contributed by atoms with E-state index in [9.17, 15) is 13.2 Å². The maximum Gasteiger partial charge on any atom is 0.416 e. The fourth-order valence-corrected chi connectivity index (χ4v) is 2.55. The molecule has 1 unspecified atom stereocenters. The van der Waals surface area contributed by atoms with Gasteiger partial charge < -0.3 is 15.3 Å². The number of nitrogens with zero attached hydrogens (tertiary/aromatic N) is 3. The average Bonchev–Trinajstić information content (AvgIpc) is 3.12. The van der Waals surface area contributed by atoms with Gasteiger partial charge >= 0.3 is 6.18 Å². The van der Waals surface area contributed by atoms with E-state index < -0.39 is 11.7 Å².